The van der Waals surface area contributed by atoms with Crippen molar-refractivity contribution in [3.63, 3.8) is 0 Å². The number of terminal acetylenes is 1. The van der Waals surface area contributed by atoms with Gasteiger partial charge in [-0.2, -0.15) is 0 Å². The van der Waals surface area contributed by atoms with Crippen molar-refractivity contribution in [3.05, 3.63) is 24.3 Å². The van der Waals surface area contributed by atoms with Gasteiger partial charge in [0.25, 0.3) is 0 Å². The molecule has 5 nitrogen and oxygen atoms in total. The minimum Gasteiger partial charge on any atom is -0.481 e. The summed E-state index contributed by atoms with van der Waals surface area (Å²) in [7, 11) is 0. The molecule has 5 heteroatoms. The smallest absolute Gasteiger partial charge is 0.319 e. The minimum atomic E-state index is -0.239. The summed E-state index contributed by atoms with van der Waals surface area (Å²) >= 11 is 0. The van der Waals surface area contributed by atoms with Crippen molar-refractivity contribution in [2.24, 2.45) is 5.92 Å². The molecule has 0 spiro atoms. The molecular weight excluding hydrogens is 280 g/mol. The maximum atomic E-state index is 11.9. The van der Waals surface area contributed by atoms with Crippen LogP contribution in [0.15, 0.2) is 24.3 Å². The Morgan fingerprint density at radius 1 is 1.36 bits per heavy atom. The molecule has 1 aromatic rings. The average Bonchev–Trinajstić information content (AvgIpc) is 2.52. The standard InChI is InChI=1S/C17H22N2O3/c1-2-10-22-16-8-6-14(7-9-16)19-17(21)18-12-13-4-3-5-15(20)11-13/h1,6-9,13,15,20H,3-5,10-12H2,(H2,18,19,21). The lowest BCUT2D eigenvalue weighted by molar-refractivity contribution is 0.101. The van der Waals surface area contributed by atoms with E-state index in [4.69, 9.17) is 11.2 Å². The Hall–Kier alpha value is -2.19. The average molecular weight is 302 g/mol. The van der Waals surface area contributed by atoms with E-state index in [1.54, 1.807) is 24.3 Å². The molecule has 1 fully saturated rings. The highest BCUT2D eigenvalue weighted by Crippen LogP contribution is 2.23. The largest absolute Gasteiger partial charge is 0.481 e. The molecule has 0 aromatic heterocycles. The number of carbonyl (C=O) groups is 1. The van der Waals surface area contributed by atoms with Crippen molar-refractivity contribution in [1.82, 2.24) is 5.32 Å². The van der Waals surface area contributed by atoms with Crippen LogP contribution in [0.4, 0.5) is 10.5 Å². The number of aliphatic hydroxyl groups is 1. The van der Waals surface area contributed by atoms with Crippen molar-refractivity contribution >= 4 is 11.7 Å². The van der Waals surface area contributed by atoms with Gasteiger partial charge in [0, 0.05) is 12.2 Å². The van der Waals surface area contributed by atoms with Crippen LogP contribution in [0.5, 0.6) is 5.75 Å². The molecule has 1 aliphatic rings. The summed E-state index contributed by atoms with van der Waals surface area (Å²) < 4.78 is 5.26. The van der Waals surface area contributed by atoms with Gasteiger partial charge in [0.15, 0.2) is 0 Å². The Kier molecular flexibility index (Phi) is 6.11. The second-order valence-electron chi connectivity index (χ2n) is 5.54. The van der Waals surface area contributed by atoms with E-state index in [0.717, 1.165) is 25.7 Å². The van der Waals surface area contributed by atoms with Crippen molar-refractivity contribution in [1.29, 1.82) is 0 Å². The highest BCUT2D eigenvalue weighted by atomic mass is 16.5. The van der Waals surface area contributed by atoms with Crippen molar-refractivity contribution in [2.75, 3.05) is 18.5 Å². The third-order valence-electron chi connectivity index (χ3n) is 3.74. The number of ether oxygens (including phenoxy) is 1. The zero-order valence-electron chi connectivity index (χ0n) is 12.5. The summed E-state index contributed by atoms with van der Waals surface area (Å²) in [5.41, 5.74) is 0.689. The second-order valence-corrected chi connectivity index (χ2v) is 5.54. The van der Waals surface area contributed by atoms with Crippen LogP contribution in [0, 0.1) is 18.3 Å². The van der Waals surface area contributed by atoms with Gasteiger partial charge in [0.05, 0.1) is 6.10 Å². The summed E-state index contributed by atoms with van der Waals surface area (Å²) in [5.74, 6) is 3.42. The van der Waals surface area contributed by atoms with Crippen molar-refractivity contribution < 1.29 is 14.6 Å². The van der Waals surface area contributed by atoms with Crippen LogP contribution in [0.2, 0.25) is 0 Å². The fourth-order valence-electron chi connectivity index (χ4n) is 2.62. The van der Waals surface area contributed by atoms with Crippen LogP contribution in [0.3, 0.4) is 0 Å². The fraction of sp³-hybridized carbons (Fsp3) is 0.471. The normalized spacial score (nSPS) is 20.7. The summed E-state index contributed by atoms with van der Waals surface area (Å²) in [6, 6.07) is 6.79. The van der Waals surface area contributed by atoms with Crippen LogP contribution in [0.25, 0.3) is 0 Å². The van der Waals surface area contributed by atoms with E-state index < -0.39 is 0 Å². The monoisotopic (exact) mass is 302 g/mol. The Balaban J connectivity index is 1.73. The molecule has 1 aromatic carbocycles. The topological polar surface area (TPSA) is 70.6 Å². The third kappa shape index (κ3) is 5.30. The fourth-order valence-corrected chi connectivity index (χ4v) is 2.62. The Morgan fingerprint density at radius 2 is 2.14 bits per heavy atom. The summed E-state index contributed by atoms with van der Waals surface area (Å²) in [6.45, 7) is 0.812. The molecule has 1 aliphatic carbocycles. The van der Waals surface area contributed by atoms with Gasteiger partial charge in [0.1, 0.15) is 12.4 Å². The summed E-state index contributed by atoms with van der Waals surface area (Å²) in [6.07, 6.45) is 8.61. The zero-order chi connectivity index (χ0) is 15.8. The number of urea groups is 1. The molecule has 1 saturated carbocycles. The number of aliphatic hydroxyl groups excluding tert-OH is 1. The molecule has 118 valence electrons. The number of hydrogen-bond donors (Lipinski definition) is 3. The first-order valence-electron chi connectivity index (χ1n) is 7.56. The maximum Gasteiger partial charge on any atom is 0.319 e. The van der Waals surface area contributed by atoms with Gasteiger partial charge in [-0.1, -0.05) is 12.3 Å². The SMILES string of the molecule is C#CCOc1ccc(NC(=O)NCC2CCCC(O)C2)cc1. The maximum absolute atomic E-state index is 11.9. The Bertz CT molecular complexity index is 522. The molecule has 3 N–H and O–H groups in total. The highest BCUT2D eigenvalue weighted by Gasteiger charge is 2.20. The second kappa shape index (κ2) is 8.30. The van der Waals surface area contributed by atoms with Crippen LogP contribution >= 0.6 is 0 Å². The molecule has 0 heterocycles. The predicted octanol–water partition coefficient (Wildman–Crippen LogP) is 2.37. The van der Waals surface area contributed by atoms with Crippen LogP contribution in [0.1, 0.15) is 25.7 Å². The van der Waals surface area contributed by atoms with Crippen LogP contribution < -0.4 is 15.4 Å². The quantitative estimate of drug-likeness (QED) is 0.731. The van der Waals surface area contributed by atoms with Gasteiger partial charge >= 0.3 is 6.03 Å². The minimum absolute atomic E-state index is 0.223. The number of carbonyl (C=O) groups excluding carboxylic acids is 1. The number of amides is 2. The first-order valence-corrected chi connectivity index (χ1v) is 7.56. The first-order chi connectivity index (χ1) is 10.7. The molecule has 2 rings (SSSR count). The molecule has 0 aliphatic heterocycles. The van der Waals surface area contributed by atoms with E-state index in [-0.39, 0.29) is 18.7 Å². The van der Waals surface area contributed by atoms with E-state index in [0.29, 0.717) is 23.9 Å². The Morgan fingerprint density at radius 3 is 2.82 bits per heavy atom. The molecule has 0 radical (unpaired) electrons. The Labute approximate surface area is 131 Å². The molecule has 2 atom stereocenters. The zero-order valence-corrected chi connectivity index (χ0v) is 12.5. The number of nitrogens with one attached hydrogen (secondary N) is 2. The van der Waals surface area contributed by atoms with E-state index in [9.17, 15) is 9.90 Å². The van der Waals surface area contributed by atoms with E-state index in [1.807, 2.05) is 0 Å². The highest BCUT2D eigenvalue weighted by molar-refractivity contribution is 5.89. The molecule has 0 saturated heterocycles. The third-order valence-corrected chi connectivity index (χ3v) is 3.74. The lowest BCUT2D eigenvalue weighted by atomic mass is 9.87. The van der Waals surface area contributed by atoms with Gasteiger partial charge in [-0.25, -0.2) is 4.79 Å². The number of benzene rings is 1. The van der Waals surface area contributed by atoms with Gasteiger partial charge in [-0.05, 0) is 49.4 Å². The van der Waals surface area contributed by atoms with Crippen molar-refractivity contribution in [2.45, 2.75) is 31.8 Å². The number of anilines is 1. The van der Waals surface area contributed by atoms with Gasteiger partial charge in [-0.15, -0.1) is 6.42 Å². The van der Waals surface area contributed by atoms with Gasteiger partial charge < -0.3 is 20.5 Å². The van der Waals surface area contributed by atoms with E-state index >= 15 is 0 Å². The van der Waals surface area contributed by atoms with Crippen LogP contribution in [-0.4, -0.2) is 30.4 Å². The first kappa shape index (κ1) is 16.2. The lowest BCUT2D eigenvalue weighted by Gasteiger charge is -2.25. The summed E-state index contributed by atoms with van der Waals surface area (Å²) in [4.78, 5) is 11.9. The van der Waals surface area contributed by atoms with Crippen molar-refractivity contribution in [3.8, 4) is 18.1 Å². The predicted molar refractivity (Wildman–Crippen MR) is 85.8 cm³/mol. The van der Waals surface area contributed by atoms with Crippen LogP contribution in [-0.2, 0) is 0 Å². The lowest BCUT2D eigenvalue weighted by Crippen LogP contribution is -2.35. The van der Waals surface area contributed by atoms with Gasteiger partial charge in [0.2, 0.25) is 0 Å². The number of rotatable bonds is 5. The van der Waals surface area contributed by atoms with E-state index in [2.05, 4.69) is 16.6 Å². The molecule has 2 unspecified atom stereocenters. The van der Waals surface area contributed by atoms with E-state index in [1.165, 1.54) is 0 Å². The summed E-state index contributed by atoms with van der Waals surface area (Å²) in [5, 5.41) is 15.2. The molecular formula is C17H22N2O3. The molecule has 0 bridgehead atoms. The number of hydrogen-bond acceptors (Lipinski definition) is 3. The molecule has 2 amide bonds. The molecule has 22 heavy (non-hydrogen) atoms. The van der Waals surface area contributed by atoms with Gasteiger partial charge in [-0.3, -0.25) is 0 Å².